The smallest absolute Gasteiger partial charge is 0.139 e. The Labute approximate surface area is 92.0 Å². The highest BCUT2D eigenvalue weighted by Gasteiger charge is 2.21. The maximum Gasteiger partial charge on any atom is 0.139 e. The quantitative estimate of drug-likeness (QED) is 0.817. The number of aliphatic hydroxyl groups is 1. The monoisotopic (exact) mass is 217 g/mol. The van der Waals surface area contributed by atoms with Gasteiger partial charge in [0, 0.05) is 24.4 Å². The van der Waals surface area contributed by atoms with E-state index in [1.807, 2.05) is 6.08 Å². The van der Waals surface area contributed by atoms with Crippen molar-refractivity contribution in [2.24, 2.45) is 0 Å². The lowest BCUT2D eigenvalue weighted by atomic mass is 10.1. The molecule has 5 nitrogen and oxygen atoms in total. The summed E-state index contributed by atoms with van der Waals surface area (Å²) in [5, 5.41) is 14.3. The van der Waals surface area contributed by atoms with Gasteiger partial charge in [0.2, 0.25) is 0 Å². The molecule has 2 aromatic heterocycles. The molecule has 1 aliphatic heterocycles. The molecular weight excluding hydrogens is 206 g/mol. The zero-order valence-electron chi connectivity index (χ0n) is 8.58. The molecule has 0 amide bonds. The van der Waals surface area contributed by atoms with Crippen molar-refractivity contribution in [1.29, 1.82) is 0 Å². The van der Waals surface area contributed by atoms with Gasteiger partial charge in [-0.15, -0.1) is 0 Å². The second-order valence-electron chi connectivity index (χ2n) is 3.65. The number of ether oxygens (including phenoxy) is 1. The molecule has 82 valence electrons. The predicted octanol–water partition coefficient (Wildman–Crippen LogP) is 1.07. The van der Waals surface area contributed by atoms with Crippen molar-refractivity contribution < 1.29 is 9.84 Å². The predicted molar refractivity (Wildman–Crippen MR) is 56.6 cm³/mol. The summed E-state index contributed by atoms with van der Waals surface area (Å²) in [4.78, 5) is 4.02. The highest BCUT2D eigenvalue weighted by molar-refractivity contribution is 5.54. The summed E-state index contributed by atoms with van der Waals surface area (Å²) in [6.45, 7) is 0.643. The molecule has 3 heterocycles. The summed E-state index contributed by atoms with van der Waals surface area (Å²) >= 11 is 0. The standard InChI is InChI=1S/C11H11N3O2/c15-11(10-2-1-5-16-10)8-6-13-14-4-3-12-7-9(8)14/h2-4,6-7,11,15H,1,5H2. The van der Waals surface area contributed by atoms with E-state index in [4.69, 9.17) is 4.74 Å². The number of hydrogen-bond acceptors (Lipinski definition) is 4. The van der Waals surface area contributed by atoms with E-state index in [1.165, 1.54) is 0 Å². The molecule has 0 aliphatic carbocycles. The number of nitrogens with zero attached hydrogens (tertiary/aromatic N) is 3. The SMILES string of the molecule is OC(C1=CCCO1)c1cnn2ccncc12. The van der Waals surface area contributed by atoms with Crippen LogP contribution in [0.2, 0.25) is 0 Å². The first-order valence-electron chi connectivity index (χ1n) is 5.14. The van der Waals surface area contributed by atoms with Gasteiger partial charge < -0.3 is 9.84 Å². The second kappa shape index (κ2) is 3.61. The molecule has 2 aromatic rings. The van der Waals surface area contributed by atoms with E-state index in [0.29, 0.717) is 12.4 Å². The molecule has 0 spiro atoms. The van der Waals surface area contributed by atoms with E-state index in [0.717, 1.165) is 17.5 Å². The summed E-state index contributed by atoms with van der Waals surface area (Å²) in [7, 11) is 0. The first-order valence-corrected chi connectivity index (χ1v) is 5.14. The van der Waals surface area contributed by atoms with Crippen LogP contribution in [0.1, 0.15) is 18.1 Å². The fourth-order valence-corrected chi connectivity index (χ4v) is 1.84. The summed E-state index contributed by atoms with van der Waals surface area (Å²) in [6.07, 6.45) is 8.74. The number of aromatic nitrogens is 3. The Kier molecular flexibility index (Phi) is 2.11. The van der Waals surface area contributed by atoms with Gasteiger partial charge in [-0.2, -0.15) is 5.10 Å². The lowest BCUT2D eigenvalue weighted by Gasteiger charge is -2.10. The molecule has 1 N–H and O–H groups in total. The fourth-order valence-electron chi connectivity index (χ4n) is 1.84. The number of rotatable bonds is 2. The minimum absolute atomic E-state index is 0.610. The second-order valence-corrected chi connectivity index (χ2v) is 3.65. The third-order valence-corrected chi connectivity index (χ3v) is 2.65. The van der Waals surface area contributed by atoms with Gasteiger partial charge in [-0.05, 0) is 6.08 Å². The molecule has 0 saturated heterocycles. The number of aliphatic hydroxyl groups excluding tert-OH is 1. The highest BCUT2D eigenvalue weighted by Crippen LogP contribution is 2.28. The van der Waals surface area contributed by atoms with Crippen LogP contribution in [0.4, 0.5) is 0 Å². The van der Waals surface area contributed by atoms with Gasteiger partial charge in [0.05, 0.1) is 24.5 Å². The van der Waals surface area contributed by atoms with E-state index in [-0.39, 0.29) is 0 Å². The first kappa shape index (κ1) is 9.35. The molecule has 0 saturated carbocycles. The van der Waals surface area contributed by atoms with Crippen molar-refractivity contribution in [3.05, 3.63) is 42.2 Å². The van der Waals surface area contributed by atoms with Crippen LogP contribution < -0.4 is 0 Å². The highest BCUT2D eigenvalue weighted by atomic mass is 16.5. The van der Waals surface area contributed by atoms with Crippen molar-refractivity contribution in [3.8, 4) is 0 Å². The molecule has 0 aromatic carbocycles. The lowest BCUT2D eigenvalue weighted by Crippen LogP contribution is -2.02. The molecule has 5 heteroatoms. The molecule has 1 aliphatic rings. The summed E-state index contributed by atoms with van der Waals surface area (Å²) in [6, 6.07) is 0. The topological polar surface area (TPSA) is 59.7 Å². The average molecular weight is 217 g/mol. The first-order chi connectivity index (χ1) is 7.86. The molecular formula is C11H11N3O2. The largest absolute Gasteiger partial charge is 0.495 e. The van der Waals surface area contributed by atoms with Gasteiger partial charge in [-0.3, -0.25) is 4.98 Å². The third kappa shape index (κ3) is 1.37. The Morgan fingerprint density at radius 3 is 3.19 bits per heavy atom. The van der Waals surface area contributed by atoms with Gasteiger partial charge in [0.1, 0.15) is 11.9 Å². The van der Waals surface area contributed by atoms with E-state index in [9.17, 15) is 5.11 Å². The molecule has 1 atom stereocenters. The van der Waals surface area contributed by atoms with Crippen LogP contribution in [0.25, 0.3) is 5.52 Å². The van der Waals surface area contributed by atoms with Crippen LogP contribution in [0.15, 0.2) is 36.6 Å². The molecule has 16 heavy (non-hydrogen) atoms. The Morgan fingerprint density at radius 1 is 1.44 bits per heavy atom. The van der Waals surface area contributed by atoms with Gasteiger partial charge in [0.15, 0.2) is 0 Å². The summed E-state index contributed by atoms with van der Waals surface area (Å²) in [5.74, 6) is 0.610. The van der Waals surface area contributed by atoms with E-state index < -0.39 is 6.10 Å². The summed E-state index contributed by atoms with van der Waals surface area (Å²) < 4.78 is 7.02. The lowest BCUT2D eigenvalue weighted by molar-refractivity contribution is 0.120. The maximum absolute atomic E-state index is 10.1. The zero-order chi connectivity index (χ0) is 11.0. The molecule has 0 bridgehead atoms. The third-order valence-electron chi connectivity index (χ3n) is 2.65. The number of fused-ring (bicyclic) bond motifs is 1. The Morgan fingerprint density at radius 2 is 2.38 bits per heavy atom. The van der Waals surface area contributed by atoms with Crippen molar-refractivity contribution in [2.45, 2.75) is 12.5 Å². The Balaban J connectivity index is 2.05. The van der Waals surface area contributed by atoms with Crippen LogP contribution in [0, 0.1) is 0 Å². The normalized spacial score (nSPS) is 17.2. The van der Waals surface area contributed by atoms with Crippen LogP contribution >= 0.6 is 0 Å². The molecule has 1 unspecified atom stereocenters. The number of hydrogen-bond donors (Lipinski definition) is 1. The van der Waals surface area contributed by atoms with Gasteiger partial charge in [0.25, 0.3) is 0 Å². The van der Waals surface area contributed by atoms with Crippen molar-refractivity contribution in [2.75, 3.05) is 6.61 Å². The van der Waals surface area contributed by atoms with E-state index in [1.54, 1.807) is 29.3 Å². The van der Waals surface area contributed by atoms with Crippen LogP contribution in [0.3, 0.4) is 0 Å². The minimum atomic E-state index is -0.746. The van der Waals surface area contributed by atoms with Gasteiger partial charge in [-0.1, -0.05) is 0 Å². The molecule has 0 radical (unpaired) electrons. The van der Waals surface area contributed by atoms with Crippen LogP contribution in [-0.2, 0) is 4.74 Å². The van der Waals surface area contributed by atoms with Gasteiger partial charge >= 0.3 is 0 Å². The van der Waals surface area contributed by atoms with Crippen molar-refractivity contribution in [3.63, 3.8) is 0 Å². The molecule has 0 fully saturated rings. The van der Waals surface area contributed by atoms with Crippen LogP contribution in [-0.4, -0.2) is 26.3 Å². The van der Waals surface area contributed by atoms with Crippen LogP contribution in [0.5, 0.6) is 0 Å². The Bertz CT molecular complexity index is 547. The maximum atomic E-state index is 10.1. The van der Waals surface area contributed by atoms with Gasteiger partial charge in [-0.25, -0.2) is 4.52 Å². The van der Waals surface area contributed by atoms with Crippen molar-refractivity contribution >= 4 is 5.52 Å². The minimum Gasteiger partial charge on any atom is -0.495 e. The zero-order valence-corrected chi connectivity index (χ0v) is 8.58. The summed E-state index contributed by atoms with van der Waals surface area (Å²) in [5.41, 5.74) is 1.52. The van der Waals surface area contributed by atoms with Crippen molar-refractivity contribution in [1.82, 2.24) is 14.6 Å². The fraction of sp³-hybridized carbons (Fsp3) is 0.273. The molecule has 3 rings (SSSR count). The van der Waals surface area contributed by atoms with E-state index in [2.05, 4.69) is 10.1 Å². The average Bonchev–Trinajstić information content (AvgIpc) is 2.98. The Hall–Kier alpha value is -1.88. The van der Waals surface area contributed by atoms with E-state index >= 15 is 0 Å².